The van der Waals surface area contributed by atoms with Crippen LogP contribution in [0.3, 0.4) is 0 Å². The molecule has 0 aliphatic carbocycles. The fraction of sp³-hybridized carbons (Fsp3) is 0.174. The van der Waals surface area contributed by atoms with Gasteiger partial charge in [-0.25, -0.2) is 4.98 Å². The smallest absolute Gasteiger partial charge is 0.119 e. The van der Waals surface area contributed by atoms with Gasteiger partial charge >= 0.3 is 0 Å². The Labute approximate surface area is 157 Å². The predicted octanol–water partition coefficient (Wildman–Crippen LogP) is 5.42. The van der Waals surface area contributed by atoms with Crippen molar-refractivity contribution in [2.75, 3.05) is 0 Å². The fourth-order valence-corrected chi connectivity index (χ4v) is 3.82. The van der Waals surface area contributed by atoms with E-state index in [0.717, 1.165) is 38.7 Å². The highest BCUT2D eigenvalue weighted by Crippen LogP contribution is 2.38. The van der Waals surface area contributed by atoms with E-state index in [0.29, 0.717) is 0 Å². The van der Waals surface area contributed by atoms with Gasteiger partial charge in [-0.1, -0.05) is 39.0 Å². The molecule has 0 fully saturated rings. The van der Waals surface area contributed by atoms with Crippen molar-refractivity contribution < 1.29 is 0 Å². The minimum atomic E-state index is -0.113. The molecule has 0 aliphatic rings. The molecule has 0 bridgehead atoms. The molecule has 3 heterocycles. The number of pyridine rings is 2. The molecule has 4 heteroatoms. The molecule has 0 N–H and O–H groups in total. The quantitative estimate of drug-likeness (QED) is 0.378. The molecule has 4 nitrogen and oxygen atoms in total. The number of hydrogen-bond donors (Lipinski definition) is 0. The minimum absolute atomic E-state index is 0.113. The molecule has 132 valence electrons. The number of hydrogen-bond acceptors (Lipinski definition) is 3. The second-order valence-corrected chi connectivity index (χ2v) is 7.90. The van der Waals surface area contributed by atoms with Crippen LogP contribution in [0.2, 0.25) is 0 Å². The zero-order chi connectivity index (χ0) is 18.6. The molecule has 5 rings (SSSR count). The number of aromatic nitrogens is 4. The normalized spacial score (nSPS) is 12.3. The molecule has 2 aromatic carbocycles. The van der Waals surface area contributed by atoms with Crippen LogP contribution in [-0.2, 0) is 5.41 Å². The first-order valence-corrected chi connectivity index (χ1v) is 9.13. The summed E-state index contributed by atoms with van der Waals surface area (Å²) in [5.74, 6) is 1.03. The summed E-state index contributed by atoms with van der Waals surface area (Å²) in [6, 6.07) is 14.6. The molecule has 0 amide bonds. The summed E-state index contributed by atoms with van der Waals surface area (Å²) >= 11 is 0. The van der Waals surface area contributed by atoms with Gasteiger partial charge in [0.05, 0.1) is 11.0 Å². The van der Waals surface area contributed by atoms with Crippen LogP contribution in [0.1, 0.15) is 26.6 Å². The van der Waals surface area contributed by atoms with Crippen LogP contribution in [0.15, 0.2) is 67.3 Å². The van der Waals surface area contributed by atoms with Gasteiger partial charge in [0.1, 0.15) is 5.82 Å². The fourth-order valence-electron chi connectivity index (χ4n) is 3.82. The van der Waals surface area contributed by atoms with Crippen molar-refractivity contribution in [1.29, 1.82) is 0 Å². The Morgan fingerprint density at radius 1 is 0.741 bits per heavy atom. The van der Waals surface area contributed by atoms with Gasteiger partial charge in [0.25, 0.3) is 0 Å². The highest BCUT2D eigenvalue weighted by molar-refractivity contribution is 6.23. The van der Waals surface area contributed by atoms with E-state index in [4.69, 9.17) is 4.98 Å². The van der Waals surface area contributed by atoms with Gasteiger partial charge in [0.15, 0.2) is 0 Å². The standard InChI is InChI=1S/C23H20N4/c1-23(2,3)22-26-20-18-13-24-11-9-16(18)17-10-12-25-14-19(17)21(20)27(22)15-7-5-4-6-8-15/h4-14H,1-3H3. The number of fused-ring (bicyclic) bond motifs is 6. The molecule has 0 saturated carbocycles. The lowest BCUT2D eigenvalue weighted by atomic mass is 9.95. The maximum absolute atomic E-state index is 5.13. The number of imidazole rings is 1. The van der Waals surface area contributed by atoms with E-state index < -0.39 is 0 Å². The van der Waals surface area contributed by atoms with E-state index in [1.165, 1.54) is 5.39 Å². The minimum Gasteiger partial charge on any atom is -0.295 e. The van der Waals surface area contributed by atoms with E-state index >= 15 is 0 Å². The maximum atomic E-state index is 5.13. The van der Waals surface area contributed by atoms with Crippen molar-refractivity contribution in [3.63, 3.8) is 0 Å². The first kappa shape index (κ1) is 15.9. The third kappa shape index (κ3) is 2.33. The lowest BCUT2D eigenvalue weighted by molar-refractivity contribution is 0.539. The second-order valence-electron chi connectivity index (χ2n) is 7.90. The van der Waals surface area contributed by atoms with Gasteiger partial charge in [0.2, 0.25) is 0 Å². The van der Waals surface area contributed by atoms with Crippen molar-refractivity contribution in [1.82, 2.24) is 19.5 Å². The Morgan fingerprint density at radius 2 is 1.37 bits per heavy atom. The molecule has 0 aliphatic heterocycles. The highest BCUT2D eigenvalue weighted by Gasteiger charge is 2.26. The monoisotopic (exact) mass is 352 g/mol. The Morgan fingerprint density at radius 3 is 2.04 bits per heavy atom. The van der Waals surface area contributed by atoms with E-state index in [-0.39, 0.29) is 5.41 Å². The Kier molecular flexibility index (Phi) is 3.31. The largest absolute Gasteiger partial charge is 0.295 e. The Balaban J connectivity index is 2.10. The number of nitrogens with zero attached hydrogens (tertiary/aromatic N) is 4. The van der Waals surface area contributed by atoms with Crippen molar-refractivity contribution in [2.24, 2.45) is 0 Å². The average molecular weight is 352 g/mol. The van der Waals surface area contributed by atoms with Gasteiger partial charge < -0.3 is 0 Å². The topological polar surface area (TPSA) is 43.6 Å². The summed E-state index contributed by atoms with van der Waals surface area (Å²) in [6.07, 6.45) is 7.56. The van der Waals surface area contributed by atoms with Crippen LogP contribution in [0.25, 0.3) is 38.3 Å². The molecule has 0 spiro atoms. The summed E-state index contributed by atoms with van der Waals surface area (Å²) < 4.78 is 2.28. The van der Waals surface area contributed by atoms with Crippen LogP contribution in [0.5, 0.6) is 0 Å². The van der Waals surface area contributed by atoms with E-state index in [9.17, 15) is 0 Å². The van der Waals surface area contributed by atoms with Gasteiger partial charge in [-0.2, -0.15) is 0 Å². The lowest BCUT2D eigenvalue weighted by Gasteiger charge is -2.20. The summed E-state index contributed by atoms with van der Waals surface area (Å²) in [5.41, 5.74) is 3.07. The first-order chi connectivity index (χ1) is 13.1. The van der Waals surface area contributed by atoms with Gasteiger partial charge in [0, 0.05) is 46.7 Å². The van der Waals surface area contributed by atoms with E-state index in [1.54, 1.807) is 0 Å². The molecular formula is C23H20N4. The zero-order valence-electron chi connectivity index (χ0n) is 15.6. The molecule has 27 heavy (non-hydrogen) atoms. The van der Waals surface area contributed by atoms with Crippen LogP contribution in [-0.4, -0.2) is 19.5 Å². The third-order valence-electron chi connectivity index (χ3n) is 5.01. The van der Waals surface area contributed by atoms with Crippen LogP contribution < -0.4 is 0 Å². The molecule has 5 aromatic rings. The first-order valence-electron chi connectivity index (χ1n) is 9.13. The molecular weight excluding hydrogens is 332 g/mol. The summed E-state index contributed by atoms with van der Waals surface area (Å²) in [6.45, 7) is 6.61. The van der Waals surface area contributed by atoms with Gasteiger partial charge in [-0.3, -0.25) is 14.5 Å². The van der Waals surface area contributed by atoms with Crippen molar-refractivity contribution in [3.05, 3.63) is 73.1 Å². The summed E-state index contributed by atoms with van der Waals surface area (Å²) in [4.78, 5) is 13.9. The predicted molar refractivity (Wildman–Crippen MR) is 110 cm³/mol. The Bertz CT molecular complexity index is 1290. The number of rotatable bonds is 1. The average Bonchev–Trinajstić information content (AvgIpc) is 3.10. The maximum Gasteiger partial charge on any atom is 0.119 e. The van der Waals surface area contributed by atoms with Crippen molar-refractivity contribution in [2.45, 2.75) is 26.2 Å². The van der Waals surface area contributed by atoms with E-state index in [2.05, 4.69) is 71.7 Å². The van der Waals surface area contributed by atoms with Crippen molar-refractivity contribution in [3.8, 4) is 5.69 Å². The molecule has 0 saturated heterocycles. The summed E-state index contributed by atoms with van der Waals surface area (Å²) in [5, 5.41) is 4.52. The zero-order valence-corrected chi connectivity index (χ0v) is 15.6. The van der Waals surface area contributed by atoms with Crippen LogP contribution >= 0.6 is 0 Å². The van der Waals surface area contributed by atoms with Crippen molar-refractivity contribution >= 4 is 32.6 Å². The SMILES string of the molecule is CC(C)(C)c1nc2c3cnccc3c3ccncc3c2n1-c1ccccc1. The number of benzene rings is 2. The third-order valence-corrected chi connectivity index (χ3v) is 5.01. The van der Waals surface area contributed by atoms with E-state index in [1.807, 2.05) is 30.9 Å². The van der Waals surface area contributed by atoms with Crippen LogP contribution in [0.4, 0.5) is 0 Å². The molecule has 0 radical (unpaired) electrons. The molecule has 3 aromatic heterocycles. The molecule has 0 atom stereocenters. The van der Waals surface area contributed by atoms with Gasteiger partial charge in [-0.05, 0) is 35.0 Å². The number of para-hydroxylation sites is 1. The summed E-state index contributed by atoms with van der Waals surface area (Å²) in [7, 11) is 0. The Hall–Kier alpha value is -3.27. The molecule has 0 unspecified atom stereocenters. The van der Waals surface area contributed by atoms with Crippen LogP contribution in [0, 0.1) is 0 Å². The second kappa shape index (κ2) is 5.61. The lowest BCUT2D eigenvalue weighted by Crippen LogP contribution is -2.18. The van der Waals surface area contributed by atoms with Gasteiger partial charge in [-0.15, -0.1) is 0 Å². The highest BCUT2D eigenvalue weighted by atomic mass is 15.1.